The quantitative estimate of drug-likeness (QED) is 0.427. The zero-order valence-corrected chi connectivity index (χ0v) is 14.5. The zero-order chi connectivity index (χ0) is 13.7. The van der Waals surface area contributed by atoms with Gasteiger partial charge in [-0.25, -0.2) is 0 Å². The van der Waals surface area contributed by atoms with Gasteiger partial charge in [0.25, 0.3) is 0 Å². The topological polar surface area (TPSA) is 45.1 Å². The highest BCUT2D eigenvalue weighted by molar-refractivity contribution is 14.0. The average Bonchev–Trinajstić information content (AvgIpc) is 2.43. The number of amidine groups is 1. The second-order valence-corrected chi connectivity index (χ2v) is 4.84. The molecule has 106 valence electrons. The van der Waals surface area contributed by atoms with Crippen molar-refractivity contribution in [2.24, 2.45) is 0 Å². The lowest BCUT2D eigenvalue weighted by atomic mass is 10.2. The van der Waals surface area contributed by atoms with Gasteiger partial charge in [0.15, 0.2) is 10.9 Å². The van der Waals surface area contributed by atoms with E-state index in [4.69, 9.17) is 10.1 Å². The van der Waals surface area contributed by atoms with Crippen LogP contribution in [0.5, 0.6) is 11.5 Å². The molecule has 0 saturated heterocycles. The van der Waals surface area contributed by atoms with Gasteiger partial charge in [-0.05, 0) is 36.9 Å². The first-order valence-electron chi connectivity index (χ1n) is 5.93. The van der Waals surface area contributed by atoms with Gasteiger partial charge in [0.1, 0.15) is 5.75 Å². The SMILES string of the molecule is CSC(=N)Nc1c(C)cccc1Oc1ccccc1.I. The molecule has 0 heterocycles. The molecule has 0 aliphatic rings. The van der Waals surface area contributed by atoms with Gasteiger partial charge < -0.3 is 10.1 Å². The Morgan fingerprint density at radius 3 is 2.45 bits per heavy atom. The standard InChI is InChI=1S/C15H16N2OS.HI/c1-11-7-6-10-13(14(11)17-15(16)19-2)18-12-8-4-3-5-9-12;/h3-10H,1-2H3,(H2,16,17);1H. The molecule has 20 heavy (non-hydrogen) atoms. The molecule has 0 unspecified atom stereocenters. The molecule has 0 fully saturated rings. The maximum Gasteiger partial charge on any atom is 0.158 e. The lowest BCUT2D eigenvalue weighted by Crippen LogP contribution is -2.07. The molecule has 0 spiro atoms. The Morgan fingerprint density at radius 1 is 1.10 bits per heavy atom. The van der Waals surface area contributed by atoms with E-state index in [0.29, 0.717) is 5.17 Å². The van der Waals surface area contributed by atoms with Crippen LogP contribution in [-0.2, 0) is 0 Å². The van der Waals surface area contributed by atoms with Gasteiger partial charge in [-0.1, -0.05) is 42.1 Å². The number of hydrogen-bond donors (Lipinski definition) is 2. The molecule has 5 heteroatoms. The highest BCUT2D eigenvalue weighted by Gasteiger charge is 2.09. The molecule has 0 aliphatic heterocycles. The minimum atomic E-state index is 0. The van der Waals surface area contributed by atoms with Gasteiger partial charge in [0.2, 0.25) is 0 Å². The molecule has 0 aromatic heterocycles. The smallest absolute Gasteiger partial charge is 0.158 e. The van der Waals surface area contributed by atoms with E-state index in [1.54, 1.807) is 0 Å². The Bertz CT molecular complexity index is 575. The number of para-hydroxylation sites is 2. The number of anilines is 1. The summed E-state index contributed by atoms with van der Waals surface area (Å²) in [5.74, 6) is 1.51. The van der Waals surface area contributed by atoms with Crippen LogP contribution in [0.3, 0.4) is 0 Å². The fourth-order valence-electron chi connectivity index (χ4n) is 1.67. The predicted octanol–water partition coefficient (Wildman–Crippen LogP) is 5.11. The Balaban J connectivity index is 0.00000200. The second-order valence-electron chi connectivity index (χ2n) is 4.02. The molecule has 0 saturated carbocycles. The number of halogens is 1. The van der Waals surface area contributed by atoms with Crippen LogP contribution >= 0.6 is 35.7 Å². The summed E-state index contributed by atoms with van der Waals surface area (Å²) >= 11 is 1.36. The van der Waals surface area contributed by atoms with E-state index < -0.39 is 0 Å². The van der Waals surface area contributed by atoms with E-state index in [9.17, 15) is 0 Å². The van der Waals surface area contributed by atoms with Crippen molar-refractivity contribution in [2.75, 3.05) is 11.6 Å². The summed E-state index contributed by atoms with van der Waals surface area (Å²) < 4.78 is 5.87. The van der Waals surface area contributed by atoms with E-state index in [1.165, 1.54) is 11.8 Å². The number of nitrogens with one attached hydrogen (secondary N) is 2. The van der Waals surface area contributed by atoms with Gasteiger partial charge >= 0.3 is 0 Å². The van der Waals surface area contributed by atoms with Crippen LogP contribution in [0.25, 0.3) is 0 Å². The highest BCUT2D eigenvalue weighted by Crippen LogP contribution is 2.32. The van der Waals surface area contributed by atoms with Gasteiger partial charge in [-0.2, -0.15) is 0 Å². The number of hydrogen-bond acceptors (Lipinski definition) is 3. The minimum absolute atomic E-state index is 0. The molecule has 0 bridgehead atoms. The number of benzene rings is 2. The Hall–Kier alpha value is -1.21. The van der Waals surface area contributed by atoms with Crippen molar-refractivity contribution in [3.8, 4) is 11.5 Å². The number of thioether (sulfide) groups is 1. The first kappa shape index (κ1) is 16.8. The second kappa shape index (κ2) is 8.16. The van der Waals surface area contributed by atoms with Crippen LogP contribution in [0.15, 0.2) is 48.5 Å². The summed E-state index contributed by atoms with van der Waals surface area (Å²) in [7, 11) is 0. The van der Waals surface area contributed by atoms with E-state index in [1.807, 2.05) is 61.7 Å². The van der Waals surface area contributed by atoms with Gasteiger partial charge in [0.05, 0.1) is 5.69 Å². The van der Waals surface area contributed by atoms with E-state index in [2.05, 4.69) is 5.32 Å². The molecule has 0 radical (unpaired) electrons. The van der Waals surface area contributed by atoms with Gasteiger partial charge in [-0.15, -0.1) is 24.0 Å². The maximum absolute atomic E-state index is 7.74. The summed E-state index contributed by atoms with van der Waals surface area (Å²) in [6, 6.07) is 15.5. The van der Waals surface area contributed by atoms with E-state index >= 15 is 0 Å². The summed E-state index contributed by atoms with van der Waals surface area (Å²) in [5.41, 5.74) is 1.89. The average molecular weight is 400 g/mol. The minimum Gasteiger partial charge on any atom is -0.455 e. The molecule has 2 aromatic rings. The van der Waals surface area contributed by atoms with Crippen LogP contribution in [0.1, 0.15) is 5.56 Å². The fourth-order valence-corrected chi connectivity index (χ4v) is 1.87. The third-order valence-corrected chi connectivity index (χ3v) is 3.16. The zero-order valence-electron chi connectivity index (χ0n) is 11.3. The fraction of sp³-hybridized carbons (Fsp3) is 0.133. The largest absolute Gasteiger partial charge is 0.455 e. The molecular formula is C15H17IN2OS. The van der Waals surface area contributed by atoms with Gasteiger partial charge in [0, 0.05) is 0 Å². The molecule has 2 aromatic carbocycles. The molecule has 3 nitrogen and oxygen atoms in total. The molecule has 0 atom stereocenters. The van der Waals surface area contributed by atoms with E-state index in [0.717, 1.165) is 22.7 Å². The first-order valence-corrected chi connectivity index (χ1v) is 7.15. The molecule has 0 amide bonds. The number of rotatable bonds is 3. The van der Waals surface area contributed by atoms with E-state index in [-0.39, 0.29) is 24.0 Å². The van der Waals surface area contributed by atoms with Crippen LogP contribution in [0.4, 0.5) is 5.69 Å². The Labute approximate surface area is 140 Å². The maximum atomic E-state index is 7.74. The van der Waals surface area contributed by atoms with Crippen LogP contribution in [-0.4, -0.2) is 11.4 Å². The van der Waals surface area contributed by atoms with Crippen molar-refractivity contribution >= 4 is 46.6 Å². The Kier molecular flexibility index (Phi) is 6.87. The monoisotopic (exact) mass is 400 g/mol. The summed E-state index contributed by atoms with van der Waals surface area (Å²) in [6.45, 7) is 1.99. The lowest BCUT2D eigenvalue weighted by Gasteiger charge is -2.15. The number of ether oxygens (including phenoxy) is 1. The van der Waals surface area contributed by atoms with Crippen LogP contribution < -0.4 is 10.1 Å². The van der Waals surface area contributed by atoms with Gasteiger partial charge in [-0.3, -0.25) is 5.41 Å². The predicted molar refractivity (Wildman–Crippen MR) is 98.0 cm³/mol. The summed E-state index contributed by atoms with van der Waals surface area (Å²) in [6.07, 6.45) is 1.87. The molecule has 2 rings (SSSR count). The van der Waals surface area contributed by atoms with Crippen molar-refractivity contribution in [1.29, 1.82) is 5.41 Å². The normalized spacial score (nSPS) is 9.50. The first-order chi connectivity index (χ1) is 9.20. The third-order valence-electron chi connectivity index (χ3n) is 2.65. The molecular weight excluding hydrogens is 383 g/mol. The van der Waals surface area contributed by atoms with Crippen molar-refractivity contribution in [3.05, 3.63) is 54.1 Å². The molecule has 0 aliphatic carbocycles. The molecule has 2 N–H and O–H groups in total. The van der Waals surface area contributed by atoms with Crippen LogP contribution in [0, 0.1) is 12.3 Å². The highest BCUT2D eigenvalue weighted by atomic mass is 127. The number of aryl methyl sites for hydroxylation is 1. The van der Waals surface area contributed by atoms with Crippen molar-refractivity contribution in [3.63, 3.8) is 0 Å². The van der Waals surface area contributed by atoms with Crippen LogP contribution in [0.2, 0.25) is 0 Å². The van der Waals surface area contributed by atoms with Crippen molar-refractivity contribution in [2.45, 2.75) is 6.92 Å². The summed E-state index contributed by atoms with van der Waals surface area (Å²) in [5, 5.41) is 11.2. The van der Waals surface area contributed by atoms with Crippen molar-refractivity contribution < 1.29 is 4.74 Å². The Morgan fingerprint density at radius 2 is 1.80 bits per heavy atom. The lowest BCUT2D eigenvalue weighted by molar-refractivity contribution is 0.484. The van der Waals surface area contributed by atoms with Crippen molar-refractivity contribution in [1.82, 2.24) is 0 Å². The summed E-state index contributed by atoms with van der Waals surface area (Å²) in [4.78, 5) is 0. The third kappa shape index (κ3) is 4.42.